The summed E-state index contributed by atoms with van der Waals surface area (Å²) in [6.07, 6.45) is 0.567. The zero-order valence-corrected chi connectivity index (χ0v) is 11.9. The highest BCUT2D eigenvalue weighted by Crippen LogP contribution is 2.21. The Bertz CT molecular complexity index is 672. The van der Waals surface area contributed by atoms with Gasteiger partial charge in [0.2, 0.25) is 0 Å². The van der Waals surface area contributed by atoms with Crippen molar-refractivity contribution in [1.82, 2.24) is 5.32 Å². The molecule has 3 rings (SSSR count). The van der Waals surface area contributed by atoms with Crippen molar-refractivity contribution in [3.8, 4) is 0 Å². The largest absolute Gasteiger partial charge is 0.350 e. The van der Waals surface area contributed by atoms with Crippen LogP contribution in [0, 0.1) is 5.82 Å². The Balaban J connectivity index is 1.80. The van der Waals surface area contributed by atoms with Gasteiger partial charge in [-0.25, -0.2) is 4.39 Å². The molecule has 1 saturated heterocycles. The second kappa shape index (κ2) is 5.61. The molecule has 1 heterocycles. The standard InChI is InChI=1S/C16H13FN2OS/c17-12-6-8-13(9-7-12)19-15(20)14(18-16(19)21)10-11-4-2-1-3-5-11/h1-9,14H,10H2,(H,18,21)/t14-/m0/s1. The average Bonchev–Trinajstić information content (AvgIpc) is 2.76. The summed E-state index contributed by atoms with van der Waals surface area (Å²) in [6, 6.07) is 15.1. The molecule has 0 saturated carbocycles. The third-order valence-corrected chi connectivity index (χ3v) is 3.69. The maximum atomic E-state index is 13.0. The lowest BCUT2D eigenvalue weighted by molar-refractivity contribution is -0.118. The first-order chi connectivity index (χ1) is 10.1. The van der Waals surface area contributed by atoms with E-state index in [2.05, 4.69) is 5.32 Å². The highest BCUT2D eigenvalue weighted by Gasteiger charge is 2.36. The Morgan fingerprint density at radius 3 is 2.43 bits per heavy atom. The molecule has 0 aliphatic carbocycles. The van der Waals surface area contributed by atoms with Crippen LogP contribution < -0.4 is 10.2 Å². The number of carbonyl (C=O) groups excluding carboxylic acids is 1. The van der Waals surface area contributed by atoms with Gasteiger partial charge in [-0.05, 0) is 42.0 Å². The maximum Gasteiger partial charge on any atom is 0.256 e. The van der Waals surface area contributed by atoms with Gasteiger partial charge in [0.05, 0.1) is 5.69 Å². The third kappa shape index (κ3) is 2.78. The Morgan fingerprint density at radius 2 is 1.76 bits per heavy atom. The van der Waals surface area contributed by atoms with E-state index in [-0.39, 0.29) is 17.8 Å². The summed E-state index contributed by atoms with van der Waals surface area (Å²) < 4.78 is 13.0. The lowest BCUT2D eigenvalue weighted by atomic mass is 10.1. The molecule has 1 atom stereocenters. The van der Waals surface area contributed by atoms with Crippen LogP contribution in [-0.4, -0.2) is 17.1 Å². The zero-order chi connectivity index (χ0) is 14.8. The first-order valence-electron chi connectivity index (χ1n) is 6.59. The number of amides is 1. The van der Waals surface area contributed by atoms with Gasteiger partial charge >= 0.3 is 0 Å². The van der Waals surface area contributed by atoms with Crippen molar-refractivity contribution in [1.29, 1.82) is 0 Å². The van der Waals surface area contributed by atoms with E-state index >= 15 is 0 Å². The Hall–Kier alpha value is -2.27. The molecule has 0 unspecified atom stereocenters. The van der Waals surface area contributed by atoms with Gasteiger partial charge in [-0.15, -0.1) is 0 Å². The predicted molar refractivity (Wildman–Crippen MR) is 83.6 cm³/mol. The molecular weight excluding hydrogens is 287 g/mol. The topological polar surface area (TPSA) is 32.3 Å². The second-order valence-corrected chi connectivity index (χ2v) is 5.23. The molecular formula is C16H13FN2OS. The number of thiocarbonyl (C=S) groups is 1. The highest BCUT2D eigenvalue weighted by molar-refractivity contribution is 7.80. The summed E-state index contributed by atoms with van der Waals surface area (Å²) in [7, 11) is 0. The summed E-state index contributed by atoms with van der Waals surface area (Å²) in [6.45, 7) is 0. The van der Waals surface area contributed by atoms with E-state index in [9.17, 15) is 9.18 Å². The van der Waals surface area contributed by atoms with Crippen molar-refractivity contribution in [2.75, 3.05) is 4.90 Å². The quantitative estimate of drug-likeness (QED) is 0.885. The molecule has 1 aliphatic heterocycles. The Morgan fingerprint density at radius 1 is 1.10 bits per heavy atom. The number of carbonyl (C=O) groups is 1. The monoisotopic (exact) mass is 300 g/mol. The van der Waals surface area contributed by atoms with Gasteiger partial charge in [0.1, 0.15) is 11.9 Å². The summed E-state index contributed by atoms with van der Waals surface area (Å²) in [5.41, 5.74) is 1.64. The zero-order valence-electron chi connectivity index (χ0n) is 11.1. The van der Waals surface area contributed by atoms with E-state index in [1.807, 2.05) is 30.3 Å². The predicted octanol–water partition coefficient (Wildman–Crippen LogP) is 2.66. The first kappa shape index (κ1) is 13.7. The maximum absolute atomic E-state index is 13.0. The van der Waals surface area contributed by atoms with Crippen molar-refractivity contribution < 1.29 is 9.18 Å². The van der Waals surface area contributed by atoms with Crippen LogP contribution in [0.1, 0.15) is 5.56 Å². The Kier molecular flexibility index (Phi) is 3.66. The molecule has 106 valence electrons. The number of halogens is 1. The number of rotatable bonds is 3. The van der Waals surface area contributed by atoms with Gasteiger partial charge in [0.25, 0.3) is 5.91 Å². The molecule has 1 amide bonds. The summed E-state index contributed by atoms with van der Waals surface area (Å²) in [5.74, 6) is -0.458. The van der Waals surface area contributed by atoms with Crippen LogP contribution in [0.15, 0.2) is 54.6 Å². The van der Waals surface area contributed by atoms with Crippen LogP contribution in [0.25, 0.3) is 0 Å². The molecule has 0 aromatic heterocycles. The molecule has 1 fully saturated rings. The van der Waals surface area contributed by atoms with Gasteiger partial charge in [0, 0.05) is 6.42 Å². The minimum absolute atomic E-state index is 0.115. The number of nitrogens with zero attached hydrogens (tertiary/aromatic N) is 1. The van der Waals surface area contributed by atoms with Gasteiger partial charge in [-0.2, -0.15) is 0 Å². The molecule has 0 spiro atoms. The van der Waals surface area contributed by atoms with E-state index in [1.165, 1.54) is 17.0 Å². The summed E-state index contributed by atoms with van der Waals surface area (Å²) in [4.78, 5) is 13.9. The summed E-state index contributed by atoms with van der Waals surface area (Å²) >= 11 is 5.23. The van der Waals surface area contributed by atoms with Crippen molar-refractivity contribution in [3.05, 3.63) is 66.0 Å². The molecule has 1 aliphatic rings. The van der Waals surface area contributed by atoms with Gasteiger partial charge in [-0.1, -0.05) is 30.3 Å². The van der Waals surface area contributed by atoms with Gasteiger partial charge in [-0.3, -0.25) is 9.69 Å². The molecule has 1 N–H and O–H groups in total. The SMILES string of the molecule is O=C1[C@H](Cc2ccccc2)NC(=S)N1c1ccc(F)cc1. The fourth-order valence-electron chi connectivity index (χ4n) is 2.35. The van der Waals surface area contributed by atoms with Crippen LogP contribution in [0.2, 0.25) is 0 Å². The Labute approximate surface area is 127 Å². The van der Waals surface area contributed by atoms with E-state index in [1.54, 1.807) is 12.1 Å². The average molecular weight is 300 g/mol. The van der Waals surface area contributed by atoms with Crippen molar-refractivity contribution >= 4 is 28.9 Å². The molecule has 2 aromatic rings. The van der Waals surface area contributed by atoms with E-state index in [0.717, 1.165) is 5.56 Å². The van der Waals surface area contributed by atoms with Crippen LogP contribution in [0.3, 0.4) is 0 Å². The van der Waals surface area contributed by atoms with Crippen LogP contribution in [-0.2, 0) is 11.2 Å². The minimum atomic E-state index is -0.384. The minimum Gasteiger partial charge on any atom is -0.350 e. The number of hydrogen-bond donors (Lipinski definition) is 1. The molecule has 0 bridgehead atoms. The van der Waals surface area contributed by atoms with Gasteiger partial charge in [0.15, 0.2) is 5.11 Å². The van der Waals surface area contributed by atoms with E-state index in [0.29, 0.717) is 17.2 Å². The first-order valence-corrected chi connectivity index (χ1v) is 7.00. The highest BCUT2D eigenvalue weighted by atomic mass is 32.1. The molecule has 3 nitrogen and oxygen atoms in total. The van der Waals surface area contributed by atoms with Crippen LogP contribution in [0.5, 0.6) is 0 Å². The third-order valence-electron chi connectivity index (χ3n) is 3.39. The normalized spacial score (nSPS) is 18.0. The number of hydrogen-bond acceptors (Lipinski definition) is 2. The van der Waals surface area contributed by atoms with E-state index < -0.39 is 0 Å². The van der Waals surface area contributed by atoms with E-state index in [4.69, 9.17) is 12.2 Å². The molecule has 0 radical (unpaired) electrons. The fraction of sp³-hybridized carbons (Fsp3) is 0.125. The van der Waals surface area contributed by atoms with Gasteiger partial charge < -0.3 is 5.32 Å². The number of benzene rings is 2. The number of anilines is 1. The molecule has 2 aromatic carbocycles. The fourth-order valence-corrected chi connectivity index (χ4v) is 2.69. The smallest absolute Gasteiger partial charge is 0.256 e. The second-order valence-electron chi connectivity index (χ2n) is 4.84. The van der Waals surface area contributed by atoms with Crippen molar-refractivity contribution in [2.24, 2.45) is 0 Å². The lowest BCUT2D eigenvalue weighted by Gasteiger charge is -2.14. The molecule has 21 heavy (non-hydrogen) atoms. The summed E-state index contributed by atoms with van der Waals surface area (Å²) in [5, 5.41) is 3.38. The lowest BCUT2D eigenvalue weighted by Crippen LogP contribution is -2.32. The van der Waals surface area contributed by atoms with Crippen molar-refractivity contribution in [3.63, 3.8) is 0 Å². The van der Waals surface area contributed by atoms with Crippen LogP contribution >= 0.6 is 12.2 Å². The molecule has 5 heteroatoms. The van der Waals surface area contributed by atoms with Crippen molar-refractivity contribution in [2.45, 2.75) is 12.5 Å². The number of nitrogens with one attached hydrogen (secondary N) is 1. The van der Waals surface area contributed by atoms with Crippen LogP contribution in [0.4, 0.5) is 10.1 Å².